The van der Waals surface area contributed by atoms with Crippen LogP contribution in [0.4, 0.5) is 5.82 Å². The number of carbonyl (C=O) groups is 1. The van der Waals surface area contributed by atoms with Crippen molar-refractivity contribution in [2.75, 3.05) is 0 Å². The number of hydrogen-bond acceptors (Lipinski definition) is 4. The van der Waals surface area contributed by atoms with Gasteiger partial charge in [0, 0.05) is 0 Å². The summed E-state index contributed by atoms with van der Waals surface area (Å²) in [6, 6.07) is 7.08. The Bertz CT molecular complexity index is 663. The Morgan fingerprint density at radius 3 is 2.60 bits per heavy atom. The molecule has 0 saturated heterocycles. The molecule has 0 unspecified atom stereocenters. The molecule has 1 aromatic carbocycles. The van der Waals surface area contributed by atoms with Crippen LogP contribution in [-0.4, -0.2) is 25.8 Å². The van der Waals surface area contributed by atoms with E-state index in [0.29, 0.717) is 17.7 Å². The molecule has 0 aliphatic carbocycles. The van der Waals surface area contributed by atoms with Gasteiger partial charge in [-0.1, -0.05) is 24.3 Å². The Labute approximate surface area is 114 Å². The third kappa shape index (κ3) is 3.00. The van der Waals surface area contributed by atoms with Gasteiger partial charge in [0.15, 0.2) is 0 Å². The average molecular weight is 275 g/mol. The van der Waals surface area contributed by atoms with Crippen molar-refractivity contribution in [1.82, 2.24) is 9.78 Å². The molecule has 0 spiro atoms. The van der Waals surface area contributed by atoms with Crippen molar-refractivity contribution >= 4 is 11.8 Å². The van der Waals surface area contributed by atoms with Crippen molar-refractivity contribution in [2.45, 2.75) is 19.9 Å². The summed E-state index contributed by atoms with van der Waals surface area (Å²) in [6.45, 7) is 1.92. The Morgan fingerprint density at radius 1 is 1.40 bits per heavy atom. The quantitative estimate of drug-likeness (QED) is 0.662. The minimum absolute atomic E-state index is 0.0848. The van der Waals surface area contributed by atoms with Crippen molar-refractivity contribution in [1.29, 1.82) is 0 Å². The Hall–Kier alpha value is -2.70. The van der Waals surface area contributed by atoms with Crippen LogP contribution < -0.4 is 0 Å². The highest BCUT2D eigenvalue weighted by Gasteiger charge is 2.17. The van der Waals surface area contributed by atoms with Crippen LogP contribution >= 0.6 is 0 Å². The van der Waals surface area contributed by atoms with E-state index in [0.717, 1.165) is 5.56 Å². The number of rotatable bonds is 5. The highest BCUT2D eigenvalue weighted by molar-refractivity contribution is 5.70. The number of nitro groups is 1. The van der Waals surface area contributed by atoms with Gasteiger partial charge in [0.25, 0.3) is 0 Å². The molecule has 0 amide bonds. The van der Waals surface area contributed by atoms with Crippen LogP contribution in [0.15, 0.2) is 30.5 Å². The first-order valence-corrected chi connectivity index (χ1v) is 5.94. The minimum Gasteiger partial charge on any atom is -0.481 e. The van der Waals surface area contributed by atoms with E-state index in [2.05, 4.69) is 5.10 Å². The van der Waals surface area contributed by atoms with Crippen molar-refractivity contribution in [3.05, 3.63) is 57.3 Å². The maximum absolute atomic E-state index is 10.8. The first-order valence-electron chi connectivity index (χ1n) is 5.94. The van der Waals surface area contributed by atoms with E-state index >= 15 is 0 Å². The van der Waals surface area contributed by atoms with Crippen molar-refractivity contribution in [3.8, 4) is 0 Å². The fourth-order valence-electron chi connectivity index (χ4n) is 1.99. The van der Waals surface area contributed by atoms with Crippen LogP contribution in [-0.2, 0) is 17.8 Å². The normalized spacial score (nSPS) is 10.4. The molecule has 7 heteroatoms. The topological polar surface area (TPSA) is 98.3 Å². The standard InChI is InChI=1S/C13H13N3O4/c1-9-7-15(14-13(9)16(19)20)8-11-5-3-2-4-10(11)6-12(17)18/h2-5,7H,6,8H2,1H3,(H,17,18). The zero-order valence-electron chi connectivity index (χ0n) is 10.8. The molecule has 1 aromatic heterocycles. The van der Waals surface area contributed by atoms with Crippen molar-refractivity contribution in [2.24, 2.45) is 0 Å². The van der Waals surface area contributed by atoms with E-state index in [1.165, 1.54) is 4.68 Å². The molecular formula is C13H13N3O4. The predicted molar refractivity (Wildman–Crippen MR) is 70.5 cm³/mol. The largest absolute Gasteiger partial charge is 0.481 e. The lowest BCUT2D eigenvalue weighted by molar-refractivity contribution is -0.390. The lowest BCUT2D eigenvalue weighted by atomic mass is 10.0. The van der Waals surface area contributed by atoms with Gasteiger partial charge in [-0.2, -0.15) is 4.68 Å². The predicted octanol–water partition coefficient (Wildman–Crippen LogP) is 1.78. The van der Waals surface area contributed by atoms with E-state index in [1.54, 1.807) is 37.4 Å². The average Bonchev–Trinajstić information content (AvgIpc) is 2.72. The molecule has 0 atom stereocenters. The van der Waals surface area contributed by atoms with Crippen molar-refractivity contribution in [3.63, 3.8) is 0 Å². The first-order chi connectivity index (χ1) is 9.47. The summed E-state index contributed by atoms with van der Waals surface area (Å²) >= 11 is 0. The van der Waals surface area contributed by atoms with Gasteiger partial charge in [-0.15, -0.1) is 0 Å². The number of benzene rings is 1. The molecule has 1 heterocycles. The molecule has 0 aliphatic rings. The second kappa shape index (κ2) is 5.52. The van der Waals surface area contributed by atoms with Gasteiger partial charge >= 0.3 is 11.8 Å². The number of aryl methyl sites for hydroxylation is 1. The molecule has 104 valence electrons. The molecule has 7 nitrogen and oxygen atoms in total. The van der Waals surface area contributed by atoms with Gasteiger partial charge in [-0.05, 0) is 23.0 Å². The van der Waals surface area contributed by atoms with Gasteiger partial charge in [0.05, 0.1) is 29.8 Å². The van der Waals surface area contributed by atoms with Crippen LogP contribution in [0.5, 0.6) is 0 Å². The second-order valence-corrected chi connectivity index (χ2v) is 4.43. The lowest BCUT2D eigenvalue weighted by Crippen LogP contribution is -2.07. The smallest absolute Gasteiger partial charge is 0.392 e. The second-order valence-electron chi connectivity index (χ2n) is 4.43. The zero-order valence-corrected chi connectivity index (χ0v) is 10.8. The summed E-state index contributed by atoms with van der Waals surface area (Å²) in [5.41, 5.74) is 1.94. The van der Waals surface area contributed by atoms with Gasteiger partial charge < -0.3 is 15.2 Å². The van der Waals surface area contributed by atoms with E-state index < -0.39 is 10.9 Å². The van der Waals surface area contributed by atoms with Crippen LogP contribution in [0.25, 0.3) is 0 Å². The van der Waals surface area contributed by atoms with E-state index in [4.69, 9.17) is 5.11 Å². The van der Waals surface area contributed by atoms with Crippen LogP contribution in [0, 0.1) is 17.0 Å². The number of hydrogen-bond donors (Lipinski definition) is 1. The third-order valence-corrected chi connectivity index (χ3v) is 2.88. The molecule has 0 saturated carbocycles. The Kier molecular flexibility index (Phi) is 3.79. The third-order valence-electron chi connectivity index (χ3n) is 2.88. The Balaban J connectivity index is 2.28. The van der Waals surface area contributed by atoms with Gasteiger partial charge in [-0.25, -0.2) is 0 Å². The number of carboxylic acid groups (broad SMARTS) is 1. The molecule has 0 fully saturated rings. The molecule has 20 heavy (non-hydrogen) atoms. The van der Waals surface area contributed by atoms with E-state index in [1.807, 2.05) is 0 Å². The number of aliphatic carboxylic acids is 1. The summed E-state index contributed by atoms with van der Waals surface area (Å²) in [5, 5.41) is 23.5. The fourth-order valence-corrected chi connectivity index (χ4v) is 1.99. The maximum atomic E-state index is 10.8. The first kappa shape index (κ1) is 13.7. The number of aromatic nitrogens is 2. The van der Waals surface area contributed by atoms with Crippen molar-refractivity contribution < 1.29 is 14.8 Å². The lowest BCUT2D eigenvalue weighted by Gasteiger charge is -2.05. The van der Waals surface area contributed by atoms with E-state index in [-0.39, 0.29) is 12.2 Å². The summed E-state index contributed by atoms with van der Waals surface area (Å²) < 4.78 is 1.45. The highest BCUT2D eigenvalue weighted by atomic mass is 16.6. The molecule has 0 radical (unpaired) electrons. The van der Waals surface area contributed by atoms with Gasteiger partial charge in [0.2, 0.25) is 0 Å². The Morgan fingerprint density at radius 2 is 2.05 bits per heavy atom. The molecule has 2 aromatic rings. The molecular weight excluding hydrogens is 262 g/mol. The van der Waals surface area contributed by atoms with Crippen LogP contribution in [0.3, 0.4) is 0 Å². The molecule has 0 bridgehead atoms. The summed E-state index contributed by atoms with van der Waals surface area (Å²) in [6.07, 6.45) is 1.49. The van der Waals surface area contributed by atoms with E-state index in [9.17, 15) is 14.9 Å². The minimum atomic E-state index is -0.917. The van der Waals surface area contributed by atoms with Gasteiger partial charge in [-0.3, -0.25) is 4.79 Å². The summed E-state index contributed by atoms with van der Waals surface area (Å²) in [4.78, 5) is 21.0. The van der Waals surface area contributed by atoms with Gasteiger partial charge in [0.1, 0.15) is 0 Å². The SMILES string of the molecule is Cc1cn(Cc2ccccc2CC(=O)O)nc1[N+](=O)[O-]. The fraction of sp³-hybridized carbons (Fsp3) is 0.231. The number of nitrogens with zero attached hydrogens (tertiary/aromatic N) is 3. The summed E-state index contributed by atoms with van der Waals surface area (Å²) in [5.74, 6) is -1.10. The van der Waals surface area contributed by atoms with Crippen LogP contribution in [0.2, 0.25) is 0 Å². The highest BCUT2D eigenvalue weighted by Crippen LogP contribution is 2.17. The number of carboxylic acids is 1. The van der Waals surface area contributed by atoms with Crippen LogP contribution in [0.1, 0.15) is 16.7 Å². The molecule has 0 aliphatic heterocycles. The summed E-state index contributed by atoms with van der Waals surface area (Å²) in [7, 11) is 0. The molecule has 1 N–H and O–H groups in total. The molecule has 2 rings (SSSR count). The maximum Gasteiger partial charge on any atom is 0.392 e. The monoisotopic (exact) mass is 275 g/mol. The zero-order chi connectivity index (χ0) is 14.7.